The normalized spacial score (nSPS) is 11.8. The van der Waals surface area contributed by atoms with Gasteiger partial charge >= 0.3 is 0 Å². The summed E-state index contributed by atoms with van der Waals surface area (Å²) in [6, 6.07) is 3.91. The van der Waals surface area contributed by atoms with Crippen molar-refractivity contribution in [2.45, 2.75) is 24.0 Å². The van der Waals surface area contributed by atoms with E-state index in [4.69, 9.17) is 0 Å². The SMILES string of the molecule is CC(C)S(=O)(=O)c1ccc(Br)cc1[N+](=O)[O-]. The highest BCUT2D eigenvalue weighted by Crippen LogP contribution is 2.29. The molecule has 0 amide bonds. The van der Waals surface area contributed by atoms with Gasteiger partial charge in [-0.3, -0.25) is 10.1 Å². The molecule has 0 unspecified atom stereocenters. The number of sulfone groups is 1. The second kappa shape index (κ2) is 4.50. The first-order valence-corrected chi connectivity index (χ1v) is 6.78. The fraction of sp³-hybridized carbons (Fsp3) is 0.333. The Hall–Kier alpha value is -0.950. The van der Waals surface area contributed by atoms with Gasteiger partial charge in [0.25, 0.3) is 5.69 Å². The summed E-state index contributed by atoms with van der Waals surface area (Å²) in [7, 11) is -3.63. The molecule has 0 radical (unpaired) electrons. The van der Waals surface area contributed by atoms with Gasteiger partial charge in [0.15, 0.2) is 9.84 Å². The van der Waals surface area contributed by atoms with Crippen molar-refractivity contribution in [1.82, 2.24) is 0 Å². The summed E-state index contributed by atoms with van der Waals surface area (Å²) in [6.45, 7) is 2.97. The van der Waals surface area contributed by atoms with Gasteiger partial charge < -0.3 is 0 Å². The topological polar surface area (TPSA) is 77.3 Å². The Labute approximate surface area is 102 Å². The van der Waals surface area contributed by atoms with Gasteiger partial charge in [-0.1, -0.05) is 15.9 Å². The molecule has 0 fully saturated rings. The van der Waals surface area contributed by atoms with E-state index in [9.17, 15) is 18.5 Å². The van der Waals surface area contributed by atoms with Gasteiger partial charge in [0.05, 0.1) is 10.2 Å². The van der Waals surface area contributed by atoms with Gasteiger partial charge in [-0.25, -0.2) is 8.42 Å². The van der Waals surface area contributed by atoms with Crippen LogP contribution in [0.3, 0.4) is 0 Å². The number of rotatable bonds is 3. The fourth-order valence-corrected chi connectivity index (χ4v) is 2.67. The Morgan fingerprint density at radius 1 is 1.38 bits per heavy atom. The predicted octanol–water partition coefficient (Wildman–Crippen LogP) is 2.54. The van der Waals surface area contributed by atoms with E-state index in [0.29, 0.717) is 4.47 Å². The molecule has 1 aromatic rings. The zero-order valence-electron chi connectivity index (χ0n) is 8.68. The Morgan fingerprint density at radius 2 is 1.94 bits per heavy atom. The lowest BCUT2D eigenvalue weighted by Crippen LogP contribution is -2.15. The zero-order chi connectivity index (χ0) is 12.5. The average molecular weight is 308 g/mol. The minimum absolute atomic E-state index is 0.240. The molecule has 16 heavy (non-hydrogen) atoms. The Kier molecular flexibility index (Phi) is 3.69. The molecule has 7 heteroatoms. The van der Waals surface area contributed by atoms with Gasteiger partial charge in [-0.2, -0.15) is 0 Å². The summed E-state index contributed by atoms with van der Waals surface area (Å²) in [4.78, 5) is 9.83. The Morgan fingerprint density at radius 3 is 2.38 bits per heavy atom. The maximum atomic E-state index is 11.8. The smallest absolute Gasteiger partial charge is 0.258 e. The second-order valence-corrected chi connectivity index (χ2v) is 6.85. The summed E-state index contributed by atoms with van der Waals surface area (Å²) >= 11 is 3.07. The zero-order valence-corrected chi connectivity index (χ0v) is 11.1. The molecular formula is C9H10BrNO4S. The van der Waals surface area contributed by atoms with Crippen LogP contribution < -0.4 is 0 Å². The van der Waals surface area contributed by atoms with Crippen LogP contribution in [0, 0.1) is 10.1 Å². The van der Waals surface area contributed by atoms with Gasteiger partial charge in [0, 0.05) is 10.5 Å². The lowest BCUT2D eigenvalue weighted by Gasteiger charge is -2.08. The van der Waals surface area contributed by atoms with Crippen molar-refractivity contribution in [2.75, 3.05) is 0 Å². The minimum Gasteiger partial charge on any atom is -0.258 e. The molecule has 0 N–H and O–H groups in total. The first-order valence-electron chi connectivity index (χ1n) is 4.44. The van der Waals surface area contributed by atoms with E-state index in [2.05, 4.69) is 15.9 Å². The van der Waals surface area contributed by atoms with Crippen LogP contribution in [0.4, 0.5) is 5.69 Å². The molecule has 5 nitrogen and oxygen atoms in total. The molecular weight excluding hydrogens is 298 g/mol. The van der Waals surface area contributed by atoms with Crippen molar-refractivity contribution < 1.29 is 13.3 Å². The highest BCUT2D eigenvalue weighted by atomic mass is 79.9. The van der Waals surface area contributed by atoms with Crippen molar-refractivity contribution in [3.8, 4) is 0 Å². The van der Waals surface area contributed by atoms with E-state index in [-0.39, 0.29) is 4.90 Å². The standard InChI is InChI=1S/C9H10BrNO4S/c1-6(2)16(14,15)9-4-3-7(10)5-8(9)11(12)13/h3-6H,1-2H3. The molecule has 0 spiro atoms. The lowest BCUT2D eigenvalue weighted by molar-refractivity contribution is -0.387. The second-order valence-electron chi connectivity index (χ2n) is 3.46. The molecule has 0 bridgehead atoms. The third-order valence-corrected chi connectivity index (χ3v) is 4.74. The molecule has 0 aliphatic heterocycles. The van der Waals surface area contributed by atoms with Gasteiger partial charge in [0.2, 0.25) is 0 Å². The summed E-state index contributed by atoms with van der Waals surface area (Å²) in [5, 5.41) is 10.1. The molecule has 0 aliphatic carbocycles. The quantitative estimate of drug-likeness (QED) is 0.635. The van der Waals surface area contributed by atoms with E-state index in [0.717, 1.165) is 0 Å². The molecule has 1 rings (SSSR count). The summed E-state index contributed by atoms with van der Waals surface area (Å²) in [6.07, 6.45) is 0. The van der Waals surface area contributed by atoms with Crippen LogP contribution in [0.25, 0.3) is 0 Å². The monoisotopic (exact) mass is 307 g/mol. The average Bonchev–Trinajstić information content (AvgIpc) is 2.16. The highest BCUT2D eigenvalue weighted by Gasteiger charge is 2.28. The van der Waals surface area contributed by atoms with E-state index in [1.54, 1.807) is 0 Å². The molecule has 0 heterocycles. The van der Waals surface area contributed by atoms with Gasteiger partial charge in [-0.15, -0.1) is 0 Å². The van der Waals surface area contributed by atoms with Crippen LogP contribution in [0.15, 0.2) is 27.6 Å². The molecule has 88 valence electrons. The molecule has 0 aromatic heterocycles. The largest absolute Gasteiger partial charge is 0.289 e. The number of nitro benzene ring substituents is 1. The van der Waals surface area contributed by atoms with Crippen molar-refractivity contribution in [3.63, 3.8) is 0 Å². The predicted molar refractivity (Wildman–Crippen MR) is 63.1 cm³/mol. The van der Waals surface area contributed by atoms with Gasteiger partial charge in [0.1, 0.15) is 4.90 Å². The van der Waals surface area contributed by atoms with Crippen LogP contribution in [0.2, 0.25) is 0 Å². The first-order chi connectivity index (χ1) is 7.26. The molecule has 0 saturated carbocycles. The maximum Gasteiger partial charge on any atom is 0.289 e. The van der Waals surface area contributed by atoms with E-state index >= 15 is 0 Å². The van der Waals surface area contributed by atoms with Crippen molar-refractivity contribution in [1.29, 1.82) is 0 Å². The molecule has 1 aromatic carbocycles. The van der Waals surface area contributed by atoms with Crippen LogP contribution in [0.5, 0.6) is 0 Å². The summed E-state index contributed by atoms with van der Waals surface area (Å²) in [5.74, 6) is 0. The van der Waals surface area contributed by atoms with Crippen molar-refractivity contribution >= 4 is 31.5 Å². The highest BCUT2D eigenvalue weighted by molar-refractivity contribution is 9.10. The van der Waals surface area contributed by atoms with Crippen LogP contribution in [-0.2, 0) is 9.84 Å². The van der Waals surface area contributed by atoms with E-state index in [1.165, 1.54) is 32.0 Å². The number of nitrogens with zero attached hydrogens (tertiary/aromatic N) is 1. The fourth-order valence-electron chi connectivity index (χ4n) is 1.13. The number of nitro groups is 1. The van der Waals surface area contributed by atoms with E-state index in [1.807, 2.05) is 0 Å². The summed E-state index contributed by atoms with van der Waals surface area (Å²) in [5.41, 5.74) is -0.400. The van der Waals surface area contributed by atoms with E-state index < -0.39 is 25.7 Å². The van der Waals surface area contributed by atoms with Crippen molar-refractivity contribution in [2.24, 2.45) is 0 Å². The third-order valence-electron chi connectivity index (χ3n) is 2.04. The number of benzene rings is 1. The van der Waals surface area contributed by atoms with Crippen molar-refractivity contribution in [3.05, 3.63) is 32.8 Å². The van der Waals surface area contributed by atoms with Crippen LogP contribution >= 0.6 is 15.9 Å². The minimum atomic E-state index is -3.63. The molecule has 0 aliphatic rings. The number of hydrogen-bond donors (Lipinski definition) is 0. The van der Waals surface area contributed by atoms with Crippen LogP contribution in [-0.4, -0.2) is 18.6 Å². The van der Waals surface area contributed by atoms with Crippen LogP contribution in [0.1, 0.15) is 13.8 Å². The number of halogens is 1. The maximum absolute atomic E-state index is 11.8. The summed E-state index contributed by atoms with van der Waals surface area (Å²) < 4.78 is 24.2. The Balaban J connectivity index is 3.52. The van der Waals surface area contributed by atoms with Gasteiger partial charge in [-0.05, 0) is 26.0 Å². The molecule has 0 atom stereocenters. The lowest BCUT2D eigenvalue weighted by atomic mass is 10.3. The Bertz CT molecular complexity index is 524. The third kappa shape index (κ3) is 2.41. The first kappa shape index (κ1) is 13.1. The number of hydrogen-bond acceptors (Lipinski definition) is 4. The molecule has 0 saturated heterocycles.